The molecule has 0 heterocycles. The maximum absolute atomic E-state index is 9.34. The molecular weight excluding hydrogens is 336 g/mol. The van der Waals surface area contributed by atoms with Gasteiger partial charge in [0.2, 0.25) is 0 Å². The summed E-state index contributed by atoms with van der Waals surface area (Å²) in [4.78, 5) is 0. The van der Waals surface area contributed by atoms with Gasteiger partial charge in [-0.2, -0.15) is 0 Å². The fourth-order valence-corrected chi connectivity index (χ4v) is 1.81. The maximum atomic E-state index is 9.34. The molecule has 82 valence electrons. The molecule has 0 saturated carbocycles. The van der Waals surface area contributed by atoms with E-state index >= 15 is 0 Å². The Bertz CT molecular complexity index is 495. The minimum atomic E-state index is 0.197. The van der Waals surface area contributed by atoms with Crippen molar-refractivity contribution < 1.29 is 9.84 Å². The summed E-state index contributed by atoms with van der Waals surface area (Å²) in [5.74, 6) is 1.62. The van der Waals surface area contributed by atoms with Crippen LogP contribution < -0.4 is 4.74 Å². The molecule has 0 radical (unpaired) electrons. The van der Waals surface area contributed by atoms with Crippen LogP contribution in [0.15, 0.2) is 51.4 Å². The van der Waals surface area contributed by atoms with Gasteiger partial charge < -0.3 is 9.84 Å². The summed E-state index contributed by atoms with van der Waals surface area (Å²) >= 11 is 6.59. The lowest BCUT2D eigenvalue weighted by molar-refractivity contribution is 0.461. The van der Waals surface area contributed by atoms with Gasteiger partial charge in [-0.1, -0.05) is 15.9 Å². The molecule has 0 unspecified atom stereocenters. The lowest BCUT2D eigenvalue weighted by atomic mass is 10.3. The highest BCUT2D eigenvalue weighted by Gasteiger charge is 2.01. The fourth-order valence-electron chi connectivity index (χ4n) is 1.19. The van der Waals surface area contributed by atoms with Gasteiger partial charge in [-0.15, -0.1) is 0 Å². The zero-order valence-corrected chi connectivity index (χ0v) is 11.3. The van der Waals surface area contributed by atoms with Gasteiger partial charge in [0.05, 0.1) is 4.47 Å². The normalized spacial score (nSPS) is 10.1. The lowest BCUT2D eigenvalue weighted by Gasteiger charge is -2.06. The van der Waals surface area contributed by atoms with Crippen LogP contribution in [-0.4, -0.2) is 5.11 Å². The molecule has 2 aromatic carbocycles. The van der Waals surface area contributed by atoms with Crippen molar-refractivity contribution >= 4 is 31.9 Å². The average molecular weight is 344 g/mol. The SMILES string of the molecule is Oc1ccc(Oc2ccc(Br)cc2)cc1Br. The Morgan fingerprint density at radius 2 is 1.50 bits per heavy atom. The third-order valence-electron chi connectivity index (χ3n) is 1.97. The van der Waals surface area contributed by atoms with E-state index in [-0.39, 0.29) is 5.75 Å². The zero-order chi connectivity index (χ0) is 11.5. The van der Waals surface area contributed by atoms with Crippen molar-refractivity contribution in [2.24, 2.45) is 0 Å². The van der Waals surface area contributed by atoms with Gasteiger partial charge >= 0.3 is 0 Å². The standard InChI is InChI=1S/C12H8Br2O2/c13-8-1-3-9(4-2-8)16-10-5-6-12(15)11(14)7-10/h1-7,15H. The van der Waals surface area contributed by atoms with E-state index in [2.05, 4.69) is 31.9 Å². The van der Waals surface area contributed by atoms with Crippen LogP contribution in [0, 0.1) is 0 Å². The summed E-state index contributed by atoms with van der Waals surface area (Å²) in [6.45, 7) is 0. The van der Waals surface area contributed by atoms with E-state index in [1.165, 1.54) is 0 Å². The second-order valence-electron chi connectivity index (χ2n) is 3.17. The first-order valence-electron chi connectivity index (χ1n) is 4.57. The van der Waals surface area contributed by atoms with Crippen molar-refractivity contribution in [2.75, 3.05) is 0 Å². The zero-order valence-electron chi connectivity index (χ0n) is 8.15. The van der Waals surface area contributed by atoms with Crippen LogP contribution in [0.4, 0.5) is 0 Å². The number of rotatable bonds is 2. The molecule has 0 atom stereocenters. The Morgan fingerprint density at radius 1 is 0.875 bits per heavy atom. The Hall–Kier alpha value is -1.000. The van der Waals surface area contributed by atoms with E-state index in [9.17, 15) is 5.11 Å². The fraction of sp³-hybridized carbons (Fsp3) is 0. The Labute approximate surface area is 110 Å². The monoisotopic (exact) mass is 342 g/mol. The molecule has 0 amide bonds. The molecule has 0 aliphatic rings. The van der Waals surface area contributed by atoms with Crippen LogP contribution in [0.3, 0.4) is 0 Å². The minimum absolute atomic E-state index is 0.197. The van der Waals surface area contributed by atoms with Crippen molar-refractivity contribution in [1.29, 1.82) is 0 Å². The van der Waals surface area contributed by atoms with Crippen LogP contribution in [0.25, 0.3) is 0 Å². The van der Waals surface area contributed by atoms with Gasteiger partial charge in [-0.05, 0) is 58.4 Å². The predicted octanol–water partition coefficient (Wildman–Crippen LogP) is 4.71. The van der Waals surface area contributed by atoms with E-state index in [4.69, 9.17) is 4.74 Å². The smallest absolute Gasteiger partial charge is 0.130 e. The number of phenols is 1. The summed E-state index contributed by atoms with van der Waals surface area (Å²) < 4.78 is 7.23. The number of halogens is 2. The molecular formula is C12H8Br2O2. The Kier molecular flexibility index (Phi) is 3.51. The predicted molar refractivity (Wildman–Crippen MR) is 70.0 cm³/mol. The quantitative estimate of drug-likeness (QED) is 0.855. The summed E-state index contributed by atoms with van der Waals surface area (Å²) in [7, 11) is 0. The number of ether oxygens (including phenoxy) is 1. The van der Waals surface area contributed by atoms with E-state index in [1.54, 1.807) is 18.2 Å². The molecule has 0 saturated heterocycles. The summed E-state index contributed by atoms with van der Waals surface area (Å²) in [6, 6.07) is 12.6. The van der Waals surface area contributed by atoms with E-state index in [1.807, 2.05) is 24.3 Å². The van der Waals surface area contributed by atoms with Crippen LogP contribution >= 0.6 is 31.9 Å². The van der Waals surface area contributed by atoms with E-state index < -0.39 is 0 Å². The van der Waals surface area contributed by atoms with Gasteiger partial charge in [0, 0.05) is 4.47 Å². The number of benzene rings is 2. The van der Waals surface area contributed by atoms with Gasteiger partial charge in [-0.3, -0.25) is 0 Å². The molecule has 0 aromatic heterocycles. The van der Waals surface area contributed by atoms with Crippen LogP contribution in [0.5, 0.6) is 17.2 Å². The lowest BCUT2D eigenvalue weighted by Crippen LogP contribution is -1.83. The molecule has 2 aromatic rings. The molecule has 0 aliphatic heterocycles. The van der Waals surface area contributed by atoms with Gasteiger partial charge in [0.1, 0.15) is 17.2 Å². The number of aromatic hydroxyl groups is 1. The van der Waals surface area contributed by atoms with Gasteiger partial charge in [0.15, 0.2) is 0 Å². The van der Waals surface area contributed by atoms with E-state index in [0.717, 1.165) is 10.2 Å². The van der Waals surface area contributed by atoms with Crippen molar-refractivity contribution in [2.45, 2.75) is 0 Å². The largest absolute Gasteiger partial charge is 0.507 e. The van der Waals surface area contributed by atoms with Crippen LogP contribution in [0.1, 0.15) is 0 Å². The van der Waals surface area contributed by atoms with Crippen LogP contribution in [0.2, 0.25) is 0 Å². The molecule has 0 fully saturated rings. The van der Waals surface area contributed by atoms with Gasteiger partial charge in [0.25, 0.3) is 0 Å². The summed E-state index contributed by atoms with van der Waals surface area (Å²) in [6.07, 6.45) is 0. The van der Waals surface area contributed by atoms with Crippen molar-refractivity contribution in [3.8, 4) is 17.2 Å². The number of hydrogen-bond donors (Lipinski definition) is 1. The maximum Gasteiger partial charge on any atom is 0.130 e. The first-order chi connectivity index (χ1) is 7.65. The highest BCUT2D eigenvalue weighted by Crippen LogP contribution is 2.30. The topological polar surface area (TPSA) is 29.5 Å². The highest BCUT2D eigenvalue weighted by atomic mass is 79.9. The molecule has 1 N–H and O–H groups in total. The number of phenolic OH excluding ortho intramolecular Hbond substituents is 1. The van der Waals surface area contributed by atoms with Crippen molar-refractivity contribution in [3.05, 3.63) is 51.4 Å². The second-order valence-corrected chi connectivity index (χ2v) is 4.94. The first kappa shape index (κ1) is 11.5. The second kappa shape index (κ2) is 4.89. The molecule has 2 nitrogen and oxygen atoms in total. The molecule has 16 heavy (non-hydrogen) atoms. The van der Waals surface area contributed by atoms with Gasteiger partial charge in [-0.25, -0.2) is 0 Å². The molecule has 0 spiro atoms. The summed E-state index contributed by atoms with van der Waals surface area (Å²) in [5, 5.41) is 9.34. The van der Waals surface area contributed by atoms with Crippen LogP contribution in [-0.2, 0) is 0 Å². The number of hydrogen-bond acceptors (Lipinski definition) is 2. The summed E-state index contributed by atoms with van der Waals surface area (Å²) in [5.41, 5.74) is 0. The average Bonchev–Trinajstić information content (AvgIpc) is 2.27. The molecule has 0 aliphatic carbocycles. The molecule has 2 rings (SSSR count). The van der Waals surface area contributed by atoms with E-state index in [0.29, 0.717) is 10.2 Å². The third-order valence-corrected chi connectivity index (χ3v) is 3.13. The minimum Gasteiger partial charge on any atom is -0.507 e. The Morgan fingerprint density at radius 3 is 2.12 bits per heavy atom. The first-order valence-corrected chi connectivity index (χ1v) is 6.16. The molecule has 4 heteroatoms. The molecule has 0 bridgehead atoms. The van der Waals surface area contributed by atoms with Crippen molar-refractivity contribution in [1.82, 2.24) is 0 Å². The third kappa shape index (κ3) is 2.77. The Balaban J connectivity index is 2.20. The van der Waals surface area contributed by atoms with Crippen molar-refractivity contribution in [3.63, 3.8) is 0 Å². The highest BCUT2D eigenvalue weighted by molar-refractivity contribution is 9.10.